The molecule has 3 heteroatoms. The van der Waals surface area contributed by atoms with Gasteiger partial charge in [0.25, 0.3) is 0 Å². The zero-order valence-corrected chi connectivity index (χ0v) is 24.5. The average molecular weight is 521 g/mol. The minimum Gasteiger partial charge on any atom is -0.350 e. The van der Waals surface area contributed by atoms with E-state index in [1.807, 2.05) is 0 Å². The predicted octanol–water partition coefficient (Wildman–Crippen LogP) is 7.41. The lowest BCUT2D eigenvalue weighted by atomic mass is 9.76. The van der Waals surface area contributed by atoms with E-state index < -0.39 is 11.2 Å². The Labute approximate surface area is 236 Å². The minimum atomic E-state index is -0.679. The Morgan fingerprint density at radius 3 is 1.15 bits per heavy atom. The second-order valence-corrected chi connectivity index (χ2v) is 11.2. The number of benzene rings is 4. The molecule has 3 nitrogen and oxygen atoms in total. The summed E-state index contributed by atoms with van der Waals surface area (Å²) in [6.07, 6.45) is 1.63. The molecule has 0 amide bonds. The van der Waals surface area contributed by atoms with Crippen LogP contribution in [0.4, 0.5) is 0 Å². The van der Waals surface area contributed by atoms with Gasteiger partial charge in [0.1, 0.15) is 11.2 Å². The van der Waals surface area contributed by atoms with E-state index >= 15 is 0 Å². The standard InChI is InChI=1S/C36H44N2O/c1-29-17-13-15-23-33(29)35(25-27-37(3)4,31-19-9-7-10-20-31)39-36(26-28-38(5)6,32-21-11-8-12-22-32)34-24-16-14-18-30(34)2/h7-24H,25-28H2,1-6H3. The van der Waals surface area contributed by atoms with Gasteiger partial charge in [-0.15, -0.1) is 0 Å². The van der Waals surface area contributed by atoms with Crippen molar-refractivity contribution in [1.29, 1.82) is 0 Å². The third kappa shape index (κ3) is 6.33. The summed E-state index contributed by atoms with van der Waals surface area (Å²) in [4.78, 5) is 4.52. The molecule has 0 N–H and O–H groups in total. The second kappa shape index (κ2) is 12.7. The maximum absolute atomic E-state index is 7.98. The molecule has 0 aliphatic carbocycles. The van der Waals surface area contributed by atoms with Gasteiger partial charge in [-0.25, -0.2) is 0 Å². The molecular formula is C36H44N2O. The van der Waals surface area contributed by atoms with Crippen LogP contribution in [0.5, 0.6) is 0 Å². The molecule has 0 fully saturated rings. The van der Waals surface area contributed by atoms with Crippen molar-refractivity contribution in [3.63, 3.8) is 0 Å². The predicted molar refractivity (Wildman–Crippen MR) is 164 cm³/mol. The lowest BCUT2D eigenvalue weighted by Gasteiger charge is -2.47. The molecule has 204 valence electrons. The van der Waals surface area contributed by atoms with Crippen molar-refractivity contribution in [1.82, 2.24) is 9.80 Å². The largest absolute Gasteiger partial charge is 0.350 e. The number of hydrogen-bond acceptors (Lipinski definition) is 3. The van der Waals surface area contributed by atoms with Gasteiger partial charge in [0.05, 0.1) is 0 Å². The van der Waals surface area contributed by atoms with Gasteiger partial charge in [0.15, 0.2) is 0 Å². The summed E-state index contributed by atoms with van der Waals surface area (Å²) in [5.41, 5.74) is 5.91. The molecule has 2 unspecified atom stereocenters. The minimum absolute atomic E-state index is 0.679. The molecule has 0 aromatic heterocycles. The molecule has 0 radical (unpaired) electrons. The van der Waals surface area contributed by atoms with Crippen LogP contribution in [0.2, 0.25) is 0 Å². The first-order valence-electron chi connectivity index (χ1n) is 14.0. The molecule has 0 bridgehead atoms. The SMILES string of the molecule is Cc1ccccc1C(CCN(C)C)(OC(CCN(C)C)(c1ccccc1)c1ccccc1C)c1ccccc1. The van der Waals surface area contributed by atoms with E-state index in [9.17, 15) is 0 Å². The van der Waals surface area contributed by atoms with Crippen LogP contribution >= 0.6 is 0 Å². The summed E-state index contributed by atoms with van der Waals surface area (Å²) in [5.74, 6) is 0. The number of hydrogen-bond donors (Lipinski definition) is 0. The highest BCUT2D eigenvalue weighted by molar-refractivity contribution is 5.45. The van der Waals surface area contributed by atoms with Crippen LogP contribution < -0.4 is 0 Å². The number of ether oxygens (including phenoxy) is 1. The van der Waals surface area contributed by atoms with Gasteiger partial charge in [-0.1, -0.05) is 109 Å². The quantitative estimate of drug-likeness (QED) is 0.193. The lowest BCUT2D eigenvalue weighted by molar-refractivity contribution is -0.137. The Hall–Kier alpha value is -3.24. The van der Waals surface area contributed by atoms with E-state index in [2.05, 4.69) is 161 Å². The number of rotatable bonds is 12. The van der Waals surface area contributed by atoms with Crippen molar-refractivity contribution in [2.24, 2.45) is 0 Å². The van der Waals surface area contributed by atoms with Crippen LogP contribution in [-0.4, -0.2) is 51.1 Å². The molecule has 2 atom stereocenters. The fraction of sp³-hybridized carbons (Fsp3) is 0.333. The van der Waals surface area contributed by atoms with E-state index in [0.717, 1.165) is 25.9 Å². The maximum atomic E-state index is 7.98. The lowest BCUT2D eigenvalue weighted by Crippen LogP contribution is -2.46. The van der Waals surface area contributed by atoms with Crippen LogP contribution in [-0.2, 0) is 15.9 Å². The van der Waals surface area contributed by atoms with Crippen molar-refractivity contribution >= 4 is 0 Å². The highest BCUT2D eigenvalue weighted by Crippen LogP contribution is 2.49. The van der Waals surface area contributed by atoms with Gasteiger partial charge in [-0.3, -0.25) is 0 Å². The normalized spacial score (nSPS) is 14.8. The van der Waals surface area contributed by atoms with E-state index in [1.165, 1.54) is 33.4 Å². The van der Waals surface area contributed by atoms with Crippen LogP contribution in [0.1, 0.15) is 46.2 Å². The third-order valence-electron chi connectivity index (χ3n) is 7.81. The smallest absolute Gasteiger partial charge is 0.121 e. The topological polar surface area (TPSA) is 15.7 Å². The summed E-state index contributed by atoms with van der Waals surface area (Å²) in [7, 11) is 8.58. The molecule has 4 rings (SSSR count). The van der Waals surface area contributed by atoms with Crippen molar-refractivity contribution < 1.29 is 4.74 Å². The Bertz CT molecular complexity index is 1220. The first kappa shape index (κ1) is 28.8. The van der Waals surface area contributed by atoms with E-state index in [4.69, 9.17) is 4.74 Å². The number of aryl methyl sites for hydroxylation is 2. The van der Waals surface area contributed by atoms with Crippen molar-refractivity contribution in [2.45, 2.75) is 37.9 Å². The first-order chi connectivity index (χ1) is 18.8. The summed E-state index contributed by atoms with van der Waals surface area (Å²) in [6.45, 7) is 6.19. The Morgan fingerprint density at radius 1 is 0.487 bits per heavy atom. The van der Waals surface area contributed by atoms with E-state index in [-0.39, 0.29) is 0 Å². The van der Waals surface area contributed by atoms with Crippen molar-refractivity contribution in [3.8, 4) is 0 Å². The molecule has 4 aromatic rings. The number of nitrogens with zero attached hydrogens (tertiary/aromatic N) is 2. The van der Waals surface area contributed by atoms with E-state index in [1.54, 1.807) is 0 Å². The van der Waals surface area contributed by atoms with Crippen molar-refractivity contribution in [3.05, 3.63) is 143 Å². The molecule has 0 saturated carbocycles. The first-order valence-corrected chi connectivity index (χ1v) is 14.0. The van der Waals surface area contributed by atoms with Crippen LogP contribution in [0.15, 0.2) is 109 Å². The van der Waals surface area contributed by atoms with Gasteiger partial charge in [-0.05, 0) is 88.3 Å². The molecule has 0 aliphatic heterocycles. The average Bonchev–Trinajstić information content (AvgIpc) is 2.95. The molecular weight excluding hydrogens is 476 g/mol. The zero-order valence-electron chi connectivity index (χ0n) is 24.5. The van der Waals surface area contributed by atoms with Gasteiger partial charge in [0, 0.05) is 13.1 Å². The van der Waals surface area contributed by atoms with Crippen LogP contribution in [0.3, 0.4) is 0 Å². The molecule has 39 heavy (non-hydrogen) atoms. The zero-order chi connectivity index (χ0) is 27.9. The Morgan fingerprint density at radius 2 is 0.821 bits per heavy atom. The molecule has 0 aliphatic rings. The van der Waals surface area contributed by atoms with Gasteiger partial charge in [0.2, 0.25) is 0 Å². The summed E-state index contributed by atoms with van der Waals surface area (Å²) < 4.78 is 7.98. The van der Waals surface area contributed by atoms with Crippen molar-refractivity contribution in [2.75, 3.05) is 41.3 Å². The van der Waals surface area contributed by atoms with E-state index in [0.29, 0.717) is 0 Å². The molecule has 0 heterocycles. The summed E-state index contributed by atoms with van der Waals surface area (Å²) in [5, 5.41) is 0. The fourth-order valence-corrected chi connectivity index (χ4v) is 5.73. The highest BCUT2D eigenvalue weighted by Gasteiger charge is 2.47. The fourth-order valence-electron chi connectivity index (χ4n) is 5.73. The Kier molecular flexibility index (Phi) is 9.40. The molecule has 0 spiro atoms. The van der Waals surface area contributed by atoms with Gasteiger partial charge < -0.3 is 14.5 Å². The van der Waals surface area contributed by atoms with Crippen LogP contribution in [0, 0.1) is 13.8 Å². The molecule has 0 saturated heterocycles. The Balaban J connectivity index is 2.08. The third-order valence-corrected chi connectivity index (χ3v) is 7.81. The highest BCUT2D eigenvalue weighted by atomic mass is 16.5. The van der Waals surface area contributed by atoms with Crippen LogP contribution in [0.25, 0.3) is 0 Å². The summed E-state index contributed by atoms with van der Waals surface area (Å²) in [6, 6.07) is 39.2. The van der Waals surface area contributed by atoms with Gasteiger partial charge >= 0.3 is 0 Å². The molecule has 4 aromatic carbocycles. The maximum Gasteiger partial charge on any atom is 0.121 e. The summed E-state index contributed by atoms with van der Waals surface area (Å²) >= 11 is 0. The second-order valence-electron chi connectivity index (χ2n) is 11.2. The monoisotopic (exact) mass is 520 g/mol. The van der Waals surface area contributed by atoms with Gasteiger partial charge in [-0.2, -0.15) is 0 Å².